The largest absolute Gasteiger partial charge is 0.271 e. The molecule has 2 aliphatic rings. The van der Waals surface area contributed by atoms with Crippen molar-refractivity contribution in [1.82, 2.24) is 5.43 Å². The highest BCUT2D eigenvalue weighted by Gasteiger charge is 2.31. The molecule has 3 N–H and O–H groups in total. The molecular formula is C19H30N2. The Labute approximate surface area is 129 Å². The fourth-order valence-corrected chi connectivity index (χ4v) is 4.37. The molecule has 0 spiro atoms. The van der Waals surface area contributed by atoms with Crippen LogP contribution in [0.25, 0.3) is 0 Å². The maximum atomic E-state index is 6.00. The lowest BCUT2D eigenvalue weighted by molar-refractivity contribution is 0.208. The fourth-order valence-electron chi connectivity index (χ4n) is 4.37. The molecule has 0 radical (unpaired) electrons. The molecule has 2 heteroatoms. The average molecular weight is 286 g/mol. The second-order valence-electron chi connectivity index (χ2n) is 7.10. The van der Waals surface area contributed by atoms with Crippen molar-refractivity contribution in [1.29, 1.82) is 0 Å². The van der Waals surface area contributed by atoms with Gasteiger partial charge in [-0.2, -0.15) is 0 Å². The van der Waals surface area contributed by atoms with Gasteiger partial charge >= 0.3 is 0 Å². The van der Waals surface area contributed by atoms with Crippen LogP contribution in [0.15, 0.2) is 24.3 Å². The molecule has 21 heavy (non-hydrogen) atoms. The van der Waals surface area contributed by atoms with Gasteiger partial charge in [0.15, 0.2) is 0 Å². The van der Waals surface area contributed by atoms with E-state index in [0.29, 0.717) is 12.0 Å². The average Bonchev–Trinajstić information content (AvgIpc) is 2.48. The maximum absolute atomic E-state index is 6.00. The lowest BCUT2D eigenvalue weighted by atomic mass is 9.72. The van der Waals surface area contributed by atoms with E-state index in [1.54, 1.807) is 5.56 Å². The predicted molar refractivity (Wildman–Crippen MR) is 88.8 cm³/mol. The van der Waals surface area contributed by atoms with E-state index in [2.05, 4.69) is 36.6 Å². The summed E-state index contributed by atoms with van der Waals surface area (Å²) < 4.78 is 0. The SMILES string of the molecule is CCC1CCCC(C(NN)c2ccccc2C2CCC2)C1. The second kappa shape index (κ2) is 6.93. The molecule has 1 aromatic rings. The minimum atomic E-state index is 0.344. The zero-order valence-corrected chi connectivity index (χ0v) is 13.4. The minimum absolute atomic E-state index is 0.344. The van der Waals surface area contributed by atoms with Crippen molar-refractivity contribution in [2.75, 3.05) is 0 Å². The lowest BCUT2D eigenvalue weighted by Gasteiger charge is -2.37. The molecule has 2 nitrogen and oxygen atoms in total. The number of hydrazine groups is 1. The van der Waals surface area contributed by atoms with Gasteiger partial charge in [-0.25, -0.2) is 0 Å². The van der Waals surface area contributed by atoms with Crippen LogP contribution in [0.2, 0.25) is 0 Å². The summed E-state index contributed by atoms with van der Waals surface area (Å²) in [5, 5.41) is 0. The van der Waals surface area contributed by atoms with Gasteiger partial charge in [0.05, 0.1) is 0 Å². The summed E-state index contributed by atoms with van der Waals surface area (Å²) in [6.07, 6.45) is 10.9. The van der Waals surface area contributed by atoms with E-state index in [9.17, 15) is 0 Å². The highest BCUT2D eigenvalue weighted by atomic mass is 15.2. The second-order valence-corrected chi connectivity index (χ2v) is 7.10. The molecule has 0 aromatic heterocycles. The van der Waals surface area contributed by atoms with Gasteiger partial charge in [0.2, 0.25) is 0 Å². The van der Waals surface area contributed by atoms with E-state index in [1.807, 2.05) is 0 Å². The third-order valence-electron chi connectivity index (χ3n) is 5.93. The first-order chi connectivity index (χ1) is 10.3. The first-order valence-electron chi connectivity index (χ1n) is 8.88. The minimum Gasteiger partial charge on any atom is -0.271 e. The fraction of sp³-hybridized carbons (Fsp3) is 0.684. The Kier molecular flexibility index (Phi) is 4.97. The van der Waals surface area contributed by atoms with Crippen LogP contribution in [0.1, 0.15) is 81.4 Å². The molecule has 3 atom stereocenters. The van der Waals surface area contributed by atoms with E-state index in [0.717, 1.165) is 11.8 Å². The number of hydrogen-bond donors (Lipinski definition) is 2. The monoisotopic (exact) mass is 286 g/mol. The van der Waals surface area contributed by atoms with Gasteiger partial charge in [0.25, 0.3) is 0 Å². The van der Waals surface area contributed by atoms with Crippen LogP contribution < -0.4 is 11.3 Å². The summed E-state index contributed by atoms with van der Waals surface area (Å²) in [5.74, 6) is 8.38. The Morgan fingerprint density at radius 3 is 2.57 bits per heavy atom. The molecular weight excluding hydrogens is 256 g/mol. The van der Waals surface area contributed by atoms with Crippen LogP contribution in [-0.4, -0.2) is 0 Å². The van der Waals surface area contributed by atoms with Crippen LogP contribution in [0.5, 0.6) is 0 Å². The van der Waals surface area contributed by atoms with Crippen molar-refractivity contribution in [3.63, 3.8) is 0 Å². The third kappa shape index (κ3) is 3.17. The molecule has 3 rings (SSSR count). The Balaban J connectivity index is 1.82. The number of benzene rings is 1. The summed E-state index contributed by atoms with van der Waals surface area (Å²) in [7, 11) is 0. The summed E-state index contributed by atoms with van der Waals surface area (Å²) in [4.78, 5) is 0. The Hall–Kier alpha value is -0.860. The van der Waals surface area contributed by atoms with Crippen molar-refractivity contribution in [3.05, 3.63) is 35.4 Å². The van der Waals surface area contributed by atoms with E-state index in [1.165, 1.54) is 56.9 Å². The summed E-state index contributed by atoms with van der Waals surface area (Å²) in [6, 6.07) is 9.37. The van der Waals surface area contributed by atoms with Crippen molar-refractivity contribution in [3.8, 4) is 0 Å². The van der Waals surface area contributed by atoms with E-state index in [-0.39, 0.29) is 0 Å². The van der Waals surface area contributed by atoms with Crippen LogP contribution in [-0.2, 0) is 0 Å². The van der Waals surface area contributed by atoms with Crippen LogP contribution >= 0.6 is 0 Å². The van der Waals surface area contributed by atoms with E-state index < -0.39 is 0 Å². The lowest BCUT2D eigenvalue weighted by Crippen LogP contribution is -2.36. The maximum Gasteiger partial charge on any atom is 0.0491 e. The quantitative estimate of drug-likeness (QED) is 0.609. The Morgan fingerprint density at radius 1 is 1.14 bits per heavy atom. The molecule has 0 heterocycles. The molecule has 0 amide bonds. The summed E-state index contributed by atoms with van der Waals surface area (Å²) >= 11 is 0. The number of nitrogens with two attached hydrogens (primary N) is 1. The molecule has 0 saturated heterocycles. The van der Waals surface area contributed by atoms with Gasteiger partial charge in [0, 0.05) is 6.04 Å². The van der Waals surface area contributed by atoms with Crippen LogP contribution in [0.4, 0.5) is 0 Å². The van der Waals surface area contributed by atoms with Crippen molar-refractivity contribution >= 4 is 0 Å². The standard InChI is InChI=1S/C19H30N2/c1-2-14-7-5-10-16(13-14)19(21-20)18-12-4-3-11-17(18)15-8-6-9-15/h3-4,11-12,14-16,19,21H,2,5-10,13,20H2,1H3. The molecule has 2 fully saturated rings. The first kappa shape index (κ1) is 15.1. The van der Waals surface area contributed by atoms with Crippen LogP contribution in [0.3, 0.4) is 0 Å². The van der Waals surface area contributed by atoms with Gasteiger partial charge in [-0.05, 0) is 54.6 Å². The zero-order chi connectivity index (χ0) is 14.7. The smallest absolute Gasteiger partial charge is 0.0491 e. The summed E-state index contributed by atoms with van der Waals surface area (Å²) in [6.45, 7) is 2.33. The van der Waals surface area contributed by atoms with Crippen molar-refractivity contribution in [2.24, 2.45) is 17.7 Å². The first-order valence-corrected chi connectivity index (χ1v) is 8.88. The molecule has 2 aliphatic carbocycles. The van der Waals surface area contributed by atoms with Gasteiger partial charge in [-0.1, -0.05) is 56.9 Å². The van der Waals surface area contributed by atoms with Gasteiger partial charge in [-0.15, -0.1) is 0 Å². The summed E-state index contributed by atoms with van der Waals surface area (Å²) in [5.41, 5.74) is 6.21. The predicted octanol–water partition coefficient (Wildman–Crippen LogP) is 4.67. The van der Waals surface area contributed by atoms with E-state index >= 15 is 0 Å². The molecule has 1 aromatic carbocycles. The number of nitrogens with one attached hydrogen (secondary N) is 1. The molecule has 3 unspecified atom stereocenters. The van der Waals surface area contributed by atoms with Gasteiger partial charge in [-0.3, -0.25) is 11.3 Å². The third-order valence-corrected chi connectivity index (χ3v) is 5.93. The Bertz CT molecular complexity index is 453. The molecule has 0 bridgehead atoms. The van der Waals surface area contributed by atoms with Gasteiger partial charge in [0.1, 0.15) is 0 Å². The van der Waals surface area contributed by atoms with Crippen molar-refractivity contribution < 1.29 is 0 Å². The molecule has 116 valence electrons. The van der Waals surface area contributed by atoms with E-state index in [4.69, 9.17) is 5.84 Å². The topological polar surface area (TPSA) is 38.0 Å². The molecule has 2 saturated carbocycles. The van der Waals surface area contributed by atoms with Crippen molar-refractivity contribution in [2.45, 2.75) is 70.3 Å². The molecule has 0 aliphatic heterocycles. The zero-order valence-electron chi connectivity index (χ0n) is 13.4. The highest BCUT2D eigenvalue weighted by Crippen LogP contribution is 2.43. The normalized spacial score (nSPS) is 28.1. The Morgan fingerprint density at radius 2 is 1.90 bits per heavy atom. The number of hydrogen-bond acceptors (Lipinski definition) is 2. The van der Waals surface area contributed by atoms with Crippen LogP contribution in [0, 0.1) is 11.8 Å². The van der Waals surface area contributed by atoms with Gasteiger partial charge < -0.3 is 0 Å². The highest BCUT2D eigenvalue weighted by molar-refractivity contribution is 5.34. The number of rotatable bonds is 5.